The second kappa shape index (κ2) is 45.6. The van der Waals surface area contributed by atoms with Crippen molar-refractivity contribution in [1.29, 1.82) is 0 Å². The number of thiazole rings is 2. The number of ketones is 2. The zero-order valence-electron chi connectivity index (χ0n) is 74.8. The third-order valence-corrected chi connectivity index (χ3v) is 23.8. The first-order valence-corrected chi connectivity index (χ1v) is 43.6. The molecule has 4 aliphatic rings. The van der Waals surface area contributed by atoms with Crippen molar-refractivity contribution in [2.45, 2.75) is 137 Å². The number of nitrogens with two attached hydrogens (primary N) is 1. The van der Waals surface area contributed by atoms with Crippen molar-refractivity contribution in [3.8, 4) is 78.1 Å². The summed E-state index contributed by atoms with van der Waals surface area (Å²) in [6.07, 6.45) is 11.9. The molecule has 34 nitrogen and oxygen atoms in total. The number of aryl methyl sites for hydroxylation is 9. The predicted octanol–water partition coefficient (Wildman–Crippen LogP) is 9.53. The molecule has 4 unspecified atom stereocenters. The van der Waals surface area contributed by atoms with Crippen LogP contribution in [0.1, 0.15) is 129 Å². The van der Waals surface area contributed by atoms with Crippen LogP contribution in [0, 0.1) is 67.6 Å². The van der Waals surface area contributed by atoms with E-state index in [1.165, 1.54) is 116 Å². The first kappa shape index (κ1) is 102. The third kappa shape index (κ3) is 26.2. The molecule has 10 aromatic heterocycles. The van der Waals surface area contributed by atoms with Crippen LogP contribution >= 0.6 is 35.1 Å². The van der Waals surface area contributed by atoms with E-state index in [1.807, 2.05) is 50.9 Å². The van der Waals surface area contributed by atoms with Gasteiger partial charge in [0.15, 0.2) is 34.8 Å². The molecule has 15 aromatic rings. The number of aromatic nitrogens is 21. The number of rotatable bonds is 17. The fraction of sp³-hybridized carbons (Fsp3) is 0.304. The number of aliphatic hydroxyl groups is 2. The summed E-state index contributed by atoms with van der Waals surface area (Å²) in [5.74, 6) is -0.103. The SMILES string of the molecule is C=Cc1sc(-c2cnn(C)c2C(=O)CO)nc1C.CC(C)(C)OC(=O)CC1CCn2nc(-c3ccc(F)cc3)nc2C1.Cc1nc(-c2cnn(C)c2C(=O)CO)sc1C.Cl.NC1CCn2nc(-c3ccc(F)cc3)nc2C1.O=C(O)C1CCn2nc(-c3ccc(F)cc3)nc2C1.O=C(O)c1ccn2nc(-c3ccc(F)cc3)nc2c1.O=C([O-])C1CCn2nc(-c3ccc(F)cc3)nc2C1.[Na+]. The van der Waals surface area contributed by atoms with Gasteiger partial charge in [0.1, 0.15) is 92.6 Å². The van der Waals surface area contributed by atoms with Crippen molar-refractivity contribution in [3.05, 3.63) is 249 Å². The third-order valence-electron chi connectivity index (χ3n) is 21.5. The van der Waals surface area contributed by atoms with E-state index >= 15 is 0 Å². The quantitative estimate of drug-likeness (QED) is 0.0245. The smallest absolute Gasteiger partial charge is 0.550 e. The van der Waals surface area contributed by atoms with Crippen molar-refractivity contribution in [1.82, 2.24) is 103 Å². The monoisotopic (exact) mass is 1910 g/mol. The fourth-order valence-electron chi connectivity index (χ4n) is 14.4. The molecule has 14 heterocycles. The van der Waals surface area contributed by atoms with E-state index in [0.29, 0.717) is 137 Å². The Hall–Kier alpha value is -13.3. The molecule has 5 aromatic carbocycles. The maximum atomic E-state index is 13.0. The van der Waals surface area contributed by atoms with Crippen LogP contribution in [0.4, 0.5) is 22.0 Å². The van der Waals surface area contributed by atoms with E-state index in [9.17, 15) is 55.8 Å². The summed E-state index contributed by atoms with van der Waals surface area (Å²) >= 11 is 2.98. The number of Topliss-reactive ketones (excluding diaryl/α,β-unsaturated/α-hetero) is 2. The zero-order valence-corrected chi connectivity index (χ0v) is 79.2. The molecule has 0 saturated carbocycles. The van der Waals surface area contributed by atoms with Crippen molar-refractivity contribution in [2.24, 2.45) is 37.6 Å². The largest absolute Gasteiger partial charge is 1.00 e. The molecule has 0 bridgehead atoms. The van der Waals surface area contributed by atoms with E-state index in [2.05, 4.69) is 77.2 Å². The van der Waals surface area contributed by atoms with Gasteiger partial charge in [-0.2, -0.15) is 30.6 Å². The zero-order chi connectivity index (χ0) is 95.2. The minimum Gasteiger partial charge on any atom is -0.550 e. The number of carboxylic acid groups (broad SMARTS) is 3. The summed E-state index contributed by atoms with van der Waals surface area (Å²) in [5, 5.41) is 78.1. The van der Waals surface area contributed by atoms with Gasteiger partial charge in [-0.1, -0.05) is 12.7 Å². The molecule has 6 N–H and O–H groups in total. The van der Waals surface area contributed by atoms with Gasteiger partial charge in [-0.25, -0.2) is 84.9 Å². The second-order valence-corrected chi connectivity index (χ2v) is 34.5. The Balaban J connectivity index is 0.000000151. The van der Waals surface area contributed by atoms with Crippen LogP contribution in [-0.4, -0.2) is 184 Å². The van der Waals surface area contributed by atoms with Gasteiger partial charge in [0, 0.05) is 134 Å². The van der Waals surface area contributed by atoms with Gasteiger partial charge in [-0.05, 0) is 207 Å². The number of aliphatic hydroxyl groups excluding tert-OH is 2. The molecular formula is C92H93ClF5N22NaO12S2. The first-order valence-electron chi connectivity index (χ1n) is 42.0. The Kier molecular flexibility index (Phi) is 34.6. The van der Waals surface area contributed by atoms with E-state index in [4.69, 9.17) is 30.9 Å². The van der Waals surface area contributed by atoms with Crippen molar-refractivity contribution in [2.75, 3.05) is 13.2 Å². The van der Waals surface area contributed by atoms with Crippen molar-refractivity contribution < 1.29 is 111 Å². The summed E-state index contributed by atoms with van der Waals surface area (Å²) in [7, 11) is 3.35. The topological polar surface area (TPSA) is 456 Å². The number of fused-ring (bicyclic) bond motifs is 5. The number of esters is 1. The molecule has 0 radical (unpaired) electrons. The van der Waals surface area contributed by atoms with Crippen LogP contribution in [0.15, 0.2) is 159 Å². The fourth-order valence-corrected chi connectivity index (χ4v) is 16.3. The van der Waals surface area contributed by atoms with E-state index in [1.54, 1.807) is 103 Å². The Morgan fingerprint density at radius 2 is 0.896 bits per heavy atom. The van der Waals surface area contributed by atoms with E-state index in [0.717, 1.165) is 86.8 Å². The maximum Gasteiger partial charge on any atom is 1.00 e. The van der Waals surface area contributed by atoms with E-state index < -0.39 is 48.6 Å². The molecule has 0 amide bonds. The molecule has 0 aliphatic carbocycles. The molecule has 135 heavy (non-hydrogen) atoms. The number of aliphatic carboxylic acids is 2. The van der Waals surface area contributed by atoms with Gasteiger partial charge in [-0.3, -0.25) is 28.5 Å². The average Bonchev–Trinajstić information content (AvgIpc) is 1.76. The maximum absolute atomic E-state index is 13.0. The Morgan fingerprint density at radius 1 is 0.519 bits per heavy atom. The van der Waals surface area contributed by atoms with Crippen molar-refractivity contribution >= 4 is 82.2 Å². The first-order chi connectivity index (χ1) is 63.5. The molecule has 0 fully saturated rings. The molecule has 4 aliphatic heterocycles. The Labute approximate surface area is 805 Å². The minimum absolute atomic E-state index is 0. The number of carboxylic acids is 3. The molecule has 0 saturated heterocycles. The summed E-state index contributed by atoms with van der Waals surface area (Å²) in [6.45, 7) is 16.7. The molecule has 43 heteroatoms. The minimum atomic E-state index is -1.04. The Bertz CT molecular complexity index is 6580. The number of nitrogens with zero attached hydrogens (tertiary/aromatic N) is 21. The van der Waals surface area contributed by atoms with Gasteiger partial charge in [0.05, 0.1) is 46.4 Å². The number of aromatic carboxylic acids is 1. The second-order valence-electron chi connectivity index (χ2n) is 32.3. The number of hydrogen-bond acceptors (Lipinski definition) is 27. The van der Waals surface area contributed by atoms with Crippen LogP contribution in [0.2, 0.25) is 0 Å². The summed E-state index contributed by atoms with van der Waals surface area (Å²) in [6, 6.07) is 33.1. The summed E-state index contributed by atoms with van der Waals surface area (Å²) in [4.78, 5) is 101. The van der Waals surface area contributed by atoms with Gasteiger partial charge in [0.2, 0.25) is 11.6 Å². The number of pyridine rings is 1. The van der Waals surface area contributed by atoms with Crippen LogP contribution in [-0.2, 0) is 85.1 Å². The normalized spacial score (nSPS) is 14.9. The number of halogens is 6. The Morgan fingerprint density at radius 3 is 1.27 bits per heavy atom. The number of hydrogen-bond donors (Lipinski definition) is 5. The number of carbonyl (C=O) groups excluding carboxylic acids is 4. The van der Waals surface area contributed by atoms with Gasteiger partial charge < -0.3 is 40.8 Å². The van der Waals surface area contributed by atoms with Crippen molar-refractivity contribution in [3.63, 3.8) is 0 Å². The molecule has 4 atom stereocenters. The molecule has 0 spiro atoms. The molecule has 698 valence electrons. The van der Waals surface area contributed by atoms with Gasteiger partial charge >= 0.3 is 47.5 Å². The number of benzene rings is 5. The van der Waals surface area contributed by atoms with E-state index in [-0.39, 0.29) is 106 Å². The van der Waals surface area contributed by atoms with Crippen LogP contribution in [0.25, 0.3) is 89.8 Å². The van der Waals surface area contributed by atoms with Crippen LogP contribution in [0.5, 0.6) is 0 Å². The number of carbonyl (C=O) groups is 6. The predicted molar refractivity (Wildman–Crippen MR) is 485 cm³/mol. The molecular weight excluding hydrogens is 1820 g/mol. The van der Waals surface area contributed by atoms with Gasteiger partial charge in [-0.15, -0.1) is 40.2 Å². The van der Waals surface area contributed by atoms with Gasteiger partial charge in [0.25, 0.3) is 0 Å². The van der Waals surface area contributed by atoms with Crippen LogP contribution < -0.4 is 40.4 Å². The average molecular weight is 1920 g/mol. The number of ether oxygens (including phenoxy) is 1. The van der Waals surface area contributed by atoms with Crippen LogP contribution in [0.3, 0.4) is 0 Å². The molecule has 19 rings (SSSR count). The summed E-state index contributed by atoms with van der Waals surface area (Å²) < 4.78 is 81.4. The standard InChI is InChI=1S/C18H22FN3O2.2C13H12FN3O2.C13H8FN3O2.C12H13FN4.C12H13N3O2S.C11H13N3O2S.ClH.Na/c1-18(2,3)24-16(23)11-12-8-9-22-15(10-12)20-17(21-22)13-4-6-14(19)7-5-13;3*14-10-3-1-8(2-4-10)12-15-11-7-9(13(18)19)5-6-17(11)16-12;13-9-3-1-8(2-4-9)12-15-11-7-10(14)5-6-17(11)16-12;1-4-10-7(2)14-12(18-10)8-5-13-15(3)11(8)9(17)6-16;1-6-7(2)17-11(13-6)8-4-12-14(3)10(8)9(16)5-15;;/h4-7,12H,8-11H2,1-3H3;2*1-4,9H,5-7H2,(H,18,19);1-7H,(H,18,19);1-4,10H,5-7,14H2;4-5,16H,1,6H2,2-3H3;4,15H,5H2,1-3H3;1H;/q;;;;;;;;+1/p-1. The summed E-state index contributed by atoms with van der Waals surface area (Å²) in [5.41, 5.74) is 13.7.